The minimum Gasteiger partial charge on any atom is -0.495 e. The van der Waals surface area contributed by atoms with Gasteiger partial charge in [0.2, 0.25) is 0 Å². The summed E-state index contributed by atoms with van der Waals surface area (Å²) in [5, 5.41) is 1.02. The van der Waals surface area contributed by atoms with E-state index in [9.17, 15) is 4.21 Å². The van der Waals surface area contributed by atoms with Crippen LogP contribution in [0.15, 0.2) is 65.7 Å². The van der Waals surface area contributed by atoms with Gasteiger partial charge in [0.25, 0.3) is 0 Å². The van der Waals surface area contributed by atoms with E-state index < -0.39 is 11.0 Å². The molecule has 96 valence electrons. The van der Waals surface area contributed by atoms with Crippen LogP contribution in [0, 0.1) is 0 Å². The average Bonchev–Trinajstić information content (AvgIpc) is 2.91. The SMILES string of the molecule is COc1cccc2ccn(S(=O)c3ccccc3)c12. The molecule has 4 heteroatoms. The molecule has 0 bridgehead atoms. The minimum atomic E-state index is -1.27. The van der Waals surface area contributed by atoms with Crippen molar-refractivity contribution < 1.29 is 8.95 Å². The predicted molar refractivity (Wildman–Crippen MR) is 76.7 cm³/mol. The maximum atomic E-state index is 12.6. The van der Waals surface area contributed by atoms with Crippen LogP contribution in [0.3, 0.4) is 0 Å². The summed E-state index contributed by atoms with van der Waals surface area (Å²) in [6, 6.07) is 17.1. The first-order valence-corrected chi connectivity index (χ1v) is 7.03. The van der Waals surface area contributed by atoms with Crippen LogP contribution in [0.4, 0.5) is 0 Å². The first-order valence-electron chi connectivity index (χ1n) is 5.92. The van der Waals surface area contributed by atoms with Gasteiger partial charge in [-0.2, -0.15) is 0 Å². The topological polar surface area (TPSA) is 31.2 Å². The molecular formula is C15H13NO2S. The Morgan fingerprint density at radius 3 is 2.53 bits per heavy atom. The van der Waals surface area contributed by atoms with E-state index in [1.165, 1.54) is 0 Å². The Hall–Kier alpha value is -2.07. The third kappa shape index (κ3) is 2.04. The summed E-state index contributed by atoms with van der Waals surface area (Å²) in [6.45, 7) is 0. The highest BCUT2D eigenvalue weighted by molar-refractivity contribution is 7.83. The molecule has 1 atom stereocenters. The van der Waals surface area contributed by atoms with Crippen LogP contribution in [-0.2, 0) is 11.0 Å². The van der Waals surface area contributed by atoms with E-state index in [1.54, 1.807) is 11.1 Å². The van der Waals surface area contributed by atoms with Crippen molar-refractivity contribution >= 4 is 21.9 Å². The number of methoxy groups -OCH3 is 1. The van der Waals surface area contributed by atoms with Gasteiger partial charge in [0.15, 0.2) is 11.0 Å². The molecule has 0 radical (unpaired) electrons. The fourth-order valence-corrected chi connectivity index (χ4v) is 3.24. The smallest absolute Gasteiger partial charge is 0.157 e. The van der Waals surface area contributed by atoms with E-state index in [2.05, 4.69) is 0 Å². The summed E-state index contributed by atoms with van der Waals surface area (Å²) in [5.41, 5.74) is 0.854. The van der Waals surface area contributed by atoms with Crippen LogP contribution < -0.4 is 4.74 Å². The van der Waals surface area contributed by atoms with E-state index in [0.717, 1.165) is 21.5 Å². The van der Waals surface area contributed by atoms with Crippen molar-refractivity contribution in [2.75, 3.05) is 7.11 Å². The summed E-state index contributed by atoms with van der Waals surface area (Å²) < 4.78 is 19.7. The van der Waals surface area contributed by atoms with Crippen LogP contribution in [0.1, 0.15) is 0 Å². The molecule has 0 aliphatic heterocycles. The van der Waals surface area contributed by atoms with Gasteiger partial charge < -0.3 is 4.74 Å². The second kappa shape index (κ2) is 4.90. The summed E-state index contributed by atoms with van der Waals surface area (Å²) in [4.78, 5) is 0.769. The highest BCUT2D eigenvalue weighted by Gasteiger charge is 2.12. The number of hydrogen-bond donors (Lipinski definition) is 0. The Morgan fingerprint density at radius 2 is 1.79 bits per heavy atom. The molecule has 3 aromatic rings. The molecule has 0 amide bonds. The molecule has 0 aliphatic carbocycles. The maximum absolute atomic E-state index is 12.6. The van der Waals surface area contributed by atoms with E-state index in [1.807, 2.05) is 60.8 Å². The number of para-hydroxylation sites is 1. The molecule has 1 unspecified atom stereocenters. The third-order valence-electron chi connectivity index (χ3n) is 2.98. The molecule has 0 aliphatic rings. The lowest BCUT2D eigenvalue weighted by atomic mass is 10.2. The lowest BCUT2D eigenvalue weighted by Crippen LogP contribution is -2.04. The molecule has 2 aromatic carbocycles. The third-order valence-corrected chi connectivity index (χ3v) is 4.32. The van der Waals surface area contributed by atoms with Gasteiger partial charge in [-0.1, -0.05) is 30.3 Å². The van der Waals surface area contributed by atoms with Crippen molar-refractivity contribution in [1.82, 2.24) is 3.97 Å². The molecule has 0 saturated carbocycles. The van der Waals surface area contributed by atoms with Crippen molar-refractivity contribution in [3.05, 3.63) is 60.8 Å². The van der Waals surface area contributed by atoms with Gasteiger partial charge in [0.05, 0.1) is 12.0 Å². The molecule has 0 fully saturated rings. The second-order valence-electron chi connectivity index (χ2n) is 4.10. The van der Waals surface area contributed by atoms with Crippen LogP contribution in [0.5, 0.6) is 5.75 Å². The fraction of sp³-hybridized carbons (Fsp3) is 0.0667. The number of fused-ring (bicyclic) bond motifs is 1. The summed E-state index contributed by atoms with van der Waals surface area (Å²) >= 11 is 0. The average molecular weight is 271 g/mol. The number of benzene rings is 2. The van der Waals surface area contributed by atoms with Crippen molar-refractivity contribution in [3.63, 3.8) is 0 Å². The fourth-order valence-electron chi connectivity index (χ4n) is 2.09. The van der Waals surface area contributed by atoms with Gasteiger partial charge in [-0.05, 0) is 24.3 Å². The quantitative estimate of drug-likeness (QED) is 0.732. The minimum absolute atomic E-state index is 0.729. The number of aromatic nitrogens is 1. The Balaban J connectivity index is 2.18. The van der Waals surface area contributed by atoms with Crippen molar-refractivity contribution in [2.45, 2.75) is 4.90 Å². The van der Waals surface area contributed by atoms with E-state index in [-0.39, 0.29) is 0 Å². The summed E-state index contributed by atoms with van der Waals surface area (Å²) in [6.07, 6.45) is 1.83. The first kappa shape index (κ1) is 12.0. The molecule has 0 saturated heterocycles. The summed E-state index contributed by atoms with van der Waals surface area (Å²) in [5.74, 6) is 0.729. The van der Waals surface area contributed by atoms with Gasteiger partial charge in [0, 0.05) is 11.6 Å². The monoisotopic (exact) mass is 271 g/mol. The van der Waals surface area contributed by atoms with E-state index in [0.29, 0.717) is 0 Å². The zero-order valence-electron chi connectivity index (χ0n) is 10.4. The van der Waals surface area contributed by atoms with Gasteiger partial charge in [-0.15, -0.1) is 0 Å². The Morgan fingerprint density at radius 1 is 1.00 bits per heavy atom. The number of ether oxygens (including phenoxy) is 1. The van der Waals surface area contributed by atoms with Crippen molar-refractivity contribution in [2.24, 2.45) is 0 Å². The molecule has 0 N–H and O–H groups in total. The molecular weight excluding hydrogens is 258 g/mol. The molecule has 3 rings (SSSR count). The highest BCUT2D eigenvalue weighted by Crippen LogP contribution is 2.28. The zero-order valence-corrected chi connectivity index (χ0v) is 11.3. The first-order chi connectivity index (χ1) is 9.31. The maximum Gasteiger partial charge on any atom is 0.157 e. The molecule has 0 spiro atoms. The Kier molecular flexibility index (Phi) is 3.09. The Labute approximate surface area is 114 Å². The standard InChI is InChI=1S/C15H13NO2S/c1-18-14-9-5-6-12-10-11-16(15(12)14)19(17)13-7-3-2-4-8-13/h2-11H,1H3. The lowest BCUT2D eigenvalue weighted by Gasteiger charge is -2.08. The van der Waals surface area contributed by atoms with Gasteiger partial charge in [-0.3, -0.25) is 3.97 Å². The Bertz CT molecular complexity index is 734. The number of nitrogens with zero attached hydrogens (tertiary/aromatic N) is 1. The van der Waals surface area contributed by atoms with E-state index >= 15 is 0 Å². The van der Waals surface area contributed by atoms with Crippen molar-refractivity contribution in [3.8, 4) is 5.75 Å². The van der Waals surface area contributed by atoms with Crippen LogP contribution >= 0.6 is 0 Å². The number of hydrogen-bond acceptors (Lipinski definition) is 2. The molecule has 1 heterocycles. The van der Waals surface area contributed by atoms with Crippen LogP contribution in [-0.4, -0.2) is 15.3 Å². The normalized spacial score (nSPS) is 12.5. The largest absolute Gasteiger partial charge is 0.495 e. The number of rotatable bonds is 3. The van der Waals surface area contributed by atoms with Crippen LogP contribution in [0.25, 0.3) is 10.9 Å². The van der Waals surface area contributed by atoms with Gasteiger partial charge in [0.1, 0.15) is 11.3 Å². The van der Waals surface area contributed by atoms with Crippen molar-refractivity contribution in [1.29, 1.82) is 0 Å². The van der Waals surface area contributed by atoms with E-state index in [4.69, 9.17) is 4.74 Å². The lowest BCUT2D eigenvalue weighted by molar-refractivity contribution is 0.418. The highest BCUT2D eigenvalue weighted by atomic mass is 32.2. The predicted octanol–water partition coefficient (Wildman–Crippen LogP) is 3.22. The molecule has 3 nitrogen and oxygen atoms in total. The zero-order chi connectivity index (χ0) is 13.2. The van der Waals surface area contributed by atoms with Gasteiger partial charge in [-0.25, -0.2) is 4.21 Å². The summed E-state index contributed by atoms with van der Waals surface area (Å²) in [7, 11) is 0.357. The second-order valence-corrected chi connectivity index (χ2v) is 5.46. The van der Waals surface area contributed by atoms with Gasteiger partial charge >= 0.3 is 0 Å². The molecule has 1 aromatic heterocycles. The molecule has 19 heavy (non-hydrogen) atoms. The van der Waals surface area contributed by atoms with Crippen LogP contribution in [0.2, 0.25) is 0 Å².